The first-order chi connectivity index (χ1) is 8.62. The fraction of sp³-hybridized carbons (Fsp3) is 0.200. The molecule has 0 radical (unpaired) electrons. The molecule has 0 bridgehead atoms. The van der Waals surface area contributed by atoms with Gasteiger partial charge in [0.1, 0.15) is 0 Å². The molecule has 0 saturated heterocycles. The van der Waals surface area contributed by atoms with Crippen LogP contribution in [0, 0.1) is 0 Å². The predicted octanol–water partition coefficient (Wildman–Crippen LogP) is 0.636. The number of hydrogen-bond acceptors (Lipinski definition) is 5. The standard InChI is InChI=1S/C10H11N3O3S2/c14-7-12-8-1-3-9(4-2-8)18(15,16)13-10-11-5-6-17-10/h1-4,7H,5-6H2,(H,11,13)(H,12,14). The number of aliphatic imine (C=N–C) groups is 1. The molecule has 8 heteroatoms. The van der Waals surface area contributed by atoms with Gasteiger partial charge in [0.05, 0.1) is 11.4 Å². The first-order valence-corrected chi connectivity index (χ1v) is 7.59. The smallest absolute Gasteiger partial charge is 0.263 e. The van der Waals surface area contributed by atoms with E-state index in [-0.39, 0.29) is 4.90 Å². The molecule has 0 unspecified atom stereocenters. The van der Waals surface area contributed by atoms with Crippen LogP contribution in [0.5, 0.6) is 0 Å². The quantitative estimate of drug-likeness (QED) is 0.795. The number of thioether (sulfide) groups is 1. The number of nitrogens with zero attached hydrogens (tertiary/aromatic N) is 1. The van der Waals surface area contributed by atoms with E-state index in [0.29, 0.717) is 23.8 Å². The molecule has 1 aromatic rings. The van der Waals surface area contributed by atoms with E-state index >= 15 is 0 Å². The molecule has 96 valence electrons. The lowest BCUT2D eigenvalue weighted by atomic mass is 10.3. The molecular weight excluding hydrogens is 274 g/mol. The molecule has 1 aliphatic heterocycles. The summed E-state index contributed by atoms with van der Waals surface area (Å²) in [6.45, 7) is 0.630. The highest BCUT2D eigenvalue weighted by Gasteiger charge is 2.18. The lowest BCUT2D eigenvalue weighted by molar-refractivity contribution is -0.105. The van der Waals surface area contributed by atoms with Gasteiger partial charge in [0.2, 0.25) is 6.41 Å². The Kier molecular flexibility index (Phi) is 3.87. The lowest BCUT2D eigenvalue weighted by Crippen LogP contribution is -2.27. The van der Waals surface area contributed by atoms with Crippen LogP contribution in [-0.4, -0.2) is 32.3 Å². The molecule has 0 spiro atoms. The van der Waals surface area contributed by atoms with Gasteiger partial charge in [-0.1, -0.05) is 11.8 Å². The second-order valence-corrected chi connectivity index (χ2v) is 6.19. The molecule has 1 amide bonds. The monoisotopic (exact) mass is 285 g/mol. The van der Waals surface area contributed by atoms with Crippen molar-refractivity contribution in [3.8, 4) is 0 Å². The minimum Gasteiger partial charge on any atom is -0.329 e. The second kappa shape index (κ2) is 5.40. The molecule has 6 nitrogen and oxygen atoms in total. The van der Waals surface area contributed by atoms with Gasteiger partial charge in [-0.15, -0.1) is 0 Å². The largest absolute Gasteiger partial charge is 0.329 e. The summed E-state index contributed by atoms with van der Waals surface area (Å²) in [5, 5.41) is 2.86. The fourth-order valence-electron chi connectivity index (χ4n) is 1.37. The first kappa shape index (κ1) is 12.9. The Morgan fingerprint density at radius 2 is 2.00 bits per heavy atom. The molecule has 2 rings (SSSR count). The van der Waals surface area contributed by atoms with E-state index in [4.69, 9.17) is 0 Å². The summed E-state index contributed by atoms with van der Waals surface area (Å²) in [5.41, 5.74) is 0.538. The summed E-state index contributed by atoms with van der Waals surface area (Å²) in [6, 6.07) is 5.89. The van der Waals surface area contributed by atoms with Crippen molar-refractivity contribution in [1.29, 1.82) is 0 Å². The van der Waals surface area contributed by atoms with Gasteiger partial charge in [0.25, 0.3) is 10.0 Å². The molecule has 0 atom stereocenters. The summed E-state index contributed by atoms with van der Waals surface area (Å²) >= 11 is 1.38. The van der Waals surface area contributed by atoms with Gasteiger partial charge in [-0.3, -0.25) is 14.5 Å². The number of carbonyl (C=O) groups excluding carboxylic acids is 1. The van der Waals surface area contributed by atoms with Crippen LogP contribution >= 0.6 is 11.8 Å². The SMILES string of the molecule is O=CNc1ccc(S(=O)(=O)NC2=NCCS2)cc1. The minimum atomic E-state index is -3.59. The number of carbonyl (C=O) groups is 1. The fourth-order valence-corrected chi connectivity index (χ4v) is 3.40. The van der Waals surface area contributed by atoms with Crippen molar-refractivity contribution < 1.29 is 13.2 Å². The van der Waals surface area contributed by atoms with Crippen molar-refractivity contribution in [3.63, 3.8) is 0 Å². The third-order valence-corrected chi connectivity index (χ3v) is 4.57. The van der Waals surface area contributed by atoms with Crippen LogP contribution < -0.4 is 10.0 Å². The van der Waals surface area contributed by atoms with E-state index < -0.39 is 10.0 Å². The highest BCUT2D eigenvalue weighted by Crippen LogP contribution is 2.16. The lowest BCUT2D eigenvalue weighted by Gasteiger charge is -2.07. The Balaban J connectivity index is 2.16. The molecule has 1 heterocycles. The van der Waals surface area contributed by atoms with E-state index in [2.05, 4.69) is 15.0 Å². The molecule has 0 aliphatic carbocycles. The number of anilines is 1. The Morgan fingerprint density at radius 3 is 2.56 bits per heavy atom. The van der Waals surface area contributed by atoms with Gasteiger partial charge in [-0.25, -0.2) is 8.42 Å². The van der Waals surface area contributed by atoms with Gasteiger partial charge in [-0.2, -0.15) is 0 Å². The highest BCUT2D eigenvalue weighted by molar-refractivity contribution is 8.15. The molecule has 0 fully saturated rings. The zero-order valence-electron chi connectivity index (χ0n) is 9.29. The Bertz CT molecular complexity index is 567. The highest BCUT2D eigenvalue weighted by atomic mass is 32.2. The number of benzene rings is 1. The number of amidine groups is 1. The van der Waals surface area contributed by atoms with Crippen LogP contribution in [0.4, 0.5) is 5.69 Å². The second-order valence-electron chi connectivity index (χ2n) is 3.43. The molecule has 0 saturated carbocycles. The van der Waals surface area contributed by atoms with Crippen molar-refractivity contribution in [1.82, 2.24) is 4.72 Å². The number of rotatable bonds is 4. The molecule has 1 aromatic carbocycles. The van der Waals surface area contributed by atoms with Crippen molar-refractivity contribution in [2.75, 3.05) is 17.6 Å². The number of amides is 1. The van der Waals surface area contributed by atoms with Crippen molar-refractivity contribution >= 4 is 39.1 Å². The first-order valence-electron chi connectivity index (χ1n) is 5.12. The number of nitrogens with one attached hydrogen (secondary N) is 2. The van der Waals surface area contributed by atoms with Crippen LogP contribution in [0.2, 0.25) is 0 Å². The Morgan fingerprint density at radius 1 is 1.28 bits per heavy atom. The average molecular weight is 285 g/mol. The molecule has 2 N–H and O–H groups in total. The average Bonchev–Trinajstić information content (AvgIpc) is 2.82. The maximum atomic E-state index is 12.0. The van der Waals surface area contributed by atoms with E-state index in [0.717, 1.165) is 5.75 Å². The normalized spacial score (nSPS) is 15.0. The maximum Gasteiger partial charge on any atom is 0.263 e. The number of hydrogen-bond donors (Lipinski definition) is 2. The van der Waals surface area contributed by atoms with E-state index in [9.17, 15) is 13.2 Å². The Hall–Kier alpha value is -1.54. The van der Waals surface area contributed by atoms with Gasteiger partial charge in [0, 0.05) is 11.4 Å². The molecule has 18 heavy (non-hydrogen) atoms. The van der Waals surface area contributed by atoms with Crippen LogP contribution in [0.3, 0.4) is 0 Å². The topological polar surface area (TPSA) is 87.6 Å². The van der Waals surface area contributed by atoms with Gasteiger partial charge in [0.15, 0.2) is 5.17 Å². The minimum absolute atomic E-state index is 0.133. The predicted molar refractivity (Wildman–Crippen MR) is 71.2 cm³/mol. The van der Waals surface area contributed by atoms with Crippen LogP contribution in [0.1, 0.15) is 0 Å². The zero-order valence-corrected chi connectivity index (χ0v) is 10.9. The summed E-state index contributed by atoms with van der Waals surface area (Å²) in [4.78, 5) is 14.4. The van der Waals surface area contributed by atoms with Crippen LogP contribution in [-0.2, 0) is 14.8 Å². The van der Waals surface area contributed by atoms with E-state index in [1.165, 1.54) is 36.0 Å². The van der Waals surface area contributed by atoms with Crippen molar-refractivity contribution in [2.24, 2.45) is 4.99 Å². The summed E-state index contributed by atoms with van der Waals surface area (Å²) in [5.74, 6) is 0.792. The van der Waals surface area contributed by atoms with Crippen LogP contribution in [0.25, 0.3) is 0 Å². The molecule has 1 aliphatic rings. The van der Waals surface area contributed by atoms with Gasteiger partial charge >= 0.3 is 0 Å². The van der Waals surface area contributed by atoms with Gasteiger partial charge in [-0.05, 0) is 24.3 Å². The van der Waals surface area contributed by atoms with Gasteiger partial charge < -0.3 is 5.32 Å². The van der Waals surface area contributed by atoms with Crippen molar-refractivity contribution in [2.45, 2.75) is 4.90 Å². The summed E-state index contributed by atoms with van der Waals surface area (Å²) in [7, 11) is -3.59. The third kappa shape index (κ3) is 3.02. The maximum absolute atomic E-state index is 12.0. The zero-order chi connectivity index (χ0) is 13.0. The summed E-state index contributed by atoms with van der Waals surface area (Å²) in [6.07, 6.45) is 0.533. The molecule has 0 aromatic heterocycles. The van der Waals surface area contributed by atoms with Crippen LogP contribution in [0.15, 0.2) is 34.2 Å². The molecular formula is C10H11N3O3S2. The third-order valence-electron chi connectivity index (χ3n) is 2.20. The van der Waals surface area contributed by atoms with Crippen molar-refractivity contribution in [3.05, 3.63) is 24.3 Å². The van der Waals surface area contributed by atoms with E-state index in [1.54, 1.807) is 0 Å². The summed E-state index contributed by atoms with van der Waals surface area (Å²) < 4.78 is 26.3. The Labute approximate surface area is 109 Å². The van der Waals surface area contributed by atoms with E-state index in [1.807, 2.05) is 0 Å². The number of sulfonamides is 1.